The maximum atomic E-state index is 11.3. The molecule has 0 aromatic heterocycles. The number of carbonyl (C=O) groups is 1. The fourth-order valence-electron chi connectivity index (χ4n) is 1.64. The van der Waals surface area contributed by atoms with Crippen molar-refractivity contribution in [3.05, 3.63) is 59.3 Å². The Morgan fingerprint density at radius 2 is 1.89 bits per heavy atom. The molecule has 0 spiro atoms. The molecule has 0 saturated heterocycles. The van der Waals surface area contributed by atoms with E-state index in [0.29, 0.717) is 5.57 Å². The summed E-state index contributed by atoms with van der Waals surface area (Å²) in [4.78, 5) is 11.3. The second kappa shape index (κ2) is 8.94. The molecule has 0 aromatic rings. The first-order valence-corrected chi connectivity index (χ1v) is 6.38. The van der Waals surface area contributed by atoms with Crippen LogP contribution in [0.2, 0.25) is 0 Å². The molecule has 0 atom stereocenters. The fourth-order valence-corrected chi connectivity index (χ4v) is 1.64. The quantitative estimate of drug-likeness (QED) is 0.386. The number of Topliss-reactive ketones (excluding diaryl/α,β-unsaturated/α-hetero) is 1. The molecular formula is C18H22O. The maximum absolute atomic E-state index is 11.3. The topological polar surface area (TPSA) is 17.1 Å². The minimum absolute atomic E-state index is 0.0378. The Morgan fingerprint density at radius 3 is 2.26 bits per heavy atom. The number of carbonyl (C=O) groups excluding carboxylic acids is 1. The standard InChI is InChI=1S/C18H22O/c1-7-11-18(16(8-2)9-3)14(5)12-13-17(10-4)15(6)19/h2,7,10-13H,5,9H2,1,3-4,6H3/b11-7-,13-12-,17-10+,18-16-. The Bertz CT molecular complexity index is 502. The second-order valence-corrected chi connectivity index (χ2v) is 4.05. The molecule has 1 heteroatoms. The average molecular weight is 254 g/mol. The summed E-state index contributed by atoms with van der Waals surface area (Å²) in [6.45, 7) is 11.4. The summed E-state index contributed by atoms with van der Waals surface area (Å²) in [5, 5.41) is 0. The Labute approximate surface area is 117 Å². The molecule has 0 aliphatic carbocycles. The summed E-state index contributed by atoms with van der Waals surface area (Å²) >= 11 is 0. The molecule has 0 rings (SSSR count). The SMILES string of the molecule is C#C/C(CC)=C(\C=C/C)C(=C)/C=C\C(=C/C)C(C)=O. The predicted octanol–water partition coefficient (Wildman–Crippen LogP) is 4.55. The van der Waals surface area contributed by atoms with Crippen LogP contribution in [0.25, 0.3) is 0 Å². The van der Waals surface area contributed by atoms with E-state index in [2.05, 4.69) is 12.5 Å². The monoisotopic (exact) mass is 254 g/mol. The van der Waals surface area contributed by atoms with Crippen LogP contribution in [-0.4, -0.2) is 5.78 Å². The molecule has 0 bridgehead atoms. The number of ketones is 1. The highest BCUT2D eigenvalue weighted by Gasteiger charge is 2.03. The van der Waals surface area contributed by atoms with E-state index in [1.54, 1.807) is 19.1 Å². The van der Waals surface area contributed by atoms with E-state index in [-0.39, 0.29) is 5.78 Å². The van der Waals surface area contributed by atoms with Gasteiger partial charge in [0.2, 0.25) is 0 Å². The number of hydrogen-bond acceptors (Lipinski definition) is 1. The first kappa shape index (κ1) is 16.9. The molecule has 0 unspecified atom stereocenters. The third-order valence-corrected chi connectivity index (χ3v) is 2.71. The highest BCUT2D eigenvalue weighted by molar-refractivity contribution is 5.96. The minimum atomic E-state index is 0.0378. The highest BCUT2D eigenvalue weighted by Crippen LogP contribution is 2.19. The van der Waals surface area contributed by atoms with Crippen LogP contribution < -0.4 is 0 Å². The first-order valence-electron chi connectivity index (χ1n) is 6.38. The van der Waals surface area contributed by atoms with Crippen LogP contribution in [-0.2, 0) is 4.79 Å². The summed E-state index contributed by atoms with van der Waals surface area (Å²) in [5.74, 6) is 2.73. The molecule has 19 heavy (non-hydrogen) atoms. The van der Waals surface area contributed by atoms with Crippen molar-refractivity contribution in [2.24, 2.45) is 0 Å². The van der Waals surface area contributed by atoms with E-state index in [0.717, 1.165) is 23.1 Å². The molecule has 0 heterocycles. The number of terminal acetylenes is 1. The number of rotatable bonds is 6. The molecular weight excluding hydrogens is 232 g/mol. The smallest absolute Gasteiger partial charge is 0.159 e. The third-order valence-electron chi connectivity index (χ3n) is 2.71. The predicted molar refractivity (Wildman–Crippen MR) is 83.7 cm³/mol. The fraction of sp³-hybridized carbons (Fsp3) is 0.278. The van der Waals surface area contributed by atoms with E-state index in [4.69, 9.17) is 6.42 Å². The van der Waals surface area contributed by atoms with Gasteiger partial charge in [-0.25, -0.2) is 0 Å². The van der Waals surface area contributed by atoms with E-state index in [1.807, 2.05) is 39.0 Å². The van der Waals surface area contributed by atoms with E-state index < -0.39 is 0 Å². The summed E-state index contributed by atoms with van der Waals surface area (Å²) in [6, 6.07) is 0. The second-order valence-electron chi connectivity index (χ2n) is 4.05. The van der Waals surface area contributed by atoms with Crippen molar-refractivity contribution in [1.29, 1.82) is 0 Å². The van der Waals surface area contributed by atoms with Crippen molar-refractivity contribution >= 4 is 5.78 Å². The molecule has 100 valence electrons. The zero-order chi connectivity index (χ0) is 14.8. The lowest BCUT2D eigenvalue weighted by Crippen LogP contribution is -1.93. The van der Waals surface area contributed by atoms with Gasteiger partial charge in [0.05, 0.1) is 0 Å². The van der Waals surface area contributed by atoms with Gasteiger partial charge in [-0.15, -0.1) is 6.42 Å². The third kappa shape index (κ3) is 5.40. The summed E-state index contributed by atoms with van der Waals surface area (Å²) in [5.41, 5.74) is 3.34. The van der Waals surface area contributed by atoms with Gasteiger partial charge in [-0.2, -0.15) is 0 Å². The highest BCUT2D eigenvalue weighted by atomic mass is 16.1. The van der Waals surface area contributed by atoms with Crippen LogP contribution in [0, 0.1) is 12.3 Å². The Morgan fingerprint density at radius 1 is 1.26 bits per heavy atom. The summed E-state index contributed by atoms with van der Waals surface area (Å²) in [7, 11) is 0. The lowest BCUT2D eigenvalue weighted by atomic mass is 9.98. The zero-order valence-electron chi connectivity index (χ0n) is 12.3. The van der Waals surface area contributed by atoms with Crippen LogP contribution in [0.4, 0.5) is 0 Å². The molecule has 0 fully saturated rings. The van der Waals surface area contributed by atoms with Crippen LogP contribution in [0.5, 0.6) is 0 Å². The lowest BCUT2D eigenvalue weighted by molar-refractivity contribution is -0.113. The van der Waals surface area contributed by atoms with Crippen LogP contribution >= 0.6 is 0 Å². The van der Waals surface area contributed by atoms with Crippen LogP contribution in [0.3, 0.4) is 0 Å². The van der Waals surface area contributed by atoms with Crippen molar-refractivity contribution in [3.8, 4) is 12.3 Å². The normalized spacial score (nSPS) is 13.5. The van der Waals surface area contributed by atoms with Gasteiger partial charge in [0, 0.05) is 11.1 Å². The molecule has 0 aliphatic rings. The van der Waals surface area contributed by atoms with E-state index in [1.165, 1.54) is 0 Å². The van der Waals surface area contributed by atoms with E-state index >= 15 is 0 Å². The van der Waals surface area contributed by atoms with Crippen molar-refractivity contribution < 1.29 is 4.79 Å². The van der Waals surface area contributed by atoms with Gasteiger partial charge in [0.1, 0.15) is 0 Å². The van der Waals surface area contributed by atoms with Gasteiger partial charge < -0.3 is 0 Å². The maximum Gasteiger partial charge on any atom is 0.159 e. The molecule has 1 nitrogen and oxygen atoms in total. The van der Waals surface area contributed by atoms with Crippen molar-refractivity contribution in [1.82, 2.24) is 0 Å². The van der Waals surface area contributed by atoms with Gasteiger partial charge in [-0.3, -0.25) is 4.79 Å². The van der Waals surface area contributed by atoms with Crippen molar-refractivity contribution in [2.45, 2.75) is 34.1 Å². The van der Waals surface area contributed by atoms with Crippen molar-refractivity contribution in [3.63, 3.8) is 0 Å². The summed E-state index contributed by atoms with van der Waals surface area (Å²) < 4.78 is 0. The van der Waals surface area contributed by atoms with Gasteiger partial charge >= 0.3 is 0 Å². The Kier molecular flexibility index (Phi) is 7.97. The summed E-state index contributed by atoms with van der Waals surface area (Å²) in [6.07, 6.45) is 15.6. The van der Waals surface area contributed by atoms with Gasteiger partial charge in [-0.05, 0) is 38.3 Å². The minimum Gasteiger partial charge on any atom is -0.295 e. The molecule has 0 aromatic carbocycles. The average Bonchev–Trinajstić information content (AvgIpc) is 2.39. The molecule has 0 amide bonds. The number of allylic oxidation sites excluding steroid dienone is 9. The Hall–Kier alpha value is -2.07. The van der Waals surface area contributed by atoms with E-state index in [9.17, 15) is 4.79 Å². The zero-order valence-corrected chi connectivity index (χ0v) is 12.3. The van der Waals surface area contributed by atoms with Crippen molar-refractivity contribution in [2.75, 3.05) is 0 Å². The molecule has 0 saturated carbocycles. The van der Waals surface area contributed by atoms with Gasteiger partial charge in [0.15, 0.2) is 5.78 Å². The number of hydrogen-bond donors (Lipinski definition) is 0. The molecule has 0 radical (unpaired) electrons. The Balaban J connectivity index is 5.40. The lowest BCUT2D eigenvalue weighted by Gasteiger charge is -2.06. The van der Waals surface area contributed by atoms with Crippen LogP contribution in [0.1, 0.15) is 34.1 Å². The van der Waals surface area contributed by atoms with Crippen LogP contribution in [0.15, 0.2) is 59.3 Å². The van der Waals surface area contributed by atoms with Gasteiger partial charge in [-0.1, -0.05) is 49.8 Å². The largest absolute Gasteiger partial charge is 0.295 e. The van der Waals surface area contributed by atoms with Gasteiger partial charge in [0.25, 0.3) is 0 Å². The first-order chi connectivity index (χ1) is 9.01. The molecule has 0 aliphatic heterocycles. The molecule has 0 N–H and O–H groups in total.